The van der Waals surface area contributed by atoms with Crippen LogP contribution < -0.4 is 5.73 Å². The van der Waals surface area contributed by atoms with Crippen LogP contribution in [0.2, 0.25) is 0 Å². The lowest BCUT2D eigenvalue weighted by Crippen LogP contribution is -2.52. The van der Waals surface area contributed by atoms with Crippen molar-refractivity contribution in [3.8, 4) is 0 Å². The Bertz CT molecular complexity index is 387. The van der Waals surface area contributed by atoms with Gasteiger partial charge in [-0.05, 0) is 19.3 Å². The number of hydrogen-bond donors (Lipinski definition) is 1. The summed E-state index contributed by atoms with van der Waals surface area (Å²) in [6, 6.07) is 0. The quantitative estimate of drug-likeness (QED) is 0.712. The topological polar surface area (TPSA) is 79.1 Å². The van der Waals surface area contributed by atoms with Crippen molar-refractivity contribution in [1.29, 1.82) is 0 Å². The van der Waals surface area contributed by atoms with E-state index in [4.69, 9.17) is 10.5 Å². The third-order valence-electron chi connectivity index (χ3n) is 4.79. The zero-order valence-electron chi connectivity index (χ0n) is 14.2. The summed E-state index contributed by atoms with van der Waals surface area (Å²) in [6.45, 7) is 5.49. The van der Waals surface area contributed by atoms with Gasteiger partial charge >= 0.3 is 0 Å². The number of hydrogen-bond acceptors (Lipinski definition) is 5. The van der Waals surface area contributed by atoms with Crippen LogP contribution in [0.5, 0.6) is 0 Å². The molecule has 132 valence electrons. The number of piperidine rings is 1. The Kier molecular flexibility index (Phi) is 7.26. The summed E-state index contributed by atoms with van der Waals surface area (Å²) < 4.78 is 5.17. The standard InChI is InChI=1S/C16H30N4O3/c1-23-14(12-17)11-15(21)20-9-7-18(8-10-20)13-16(22)19-5-3-2-4-6-19/h14H,2-13,17H2,1H3. The predicted molar refractivity (Wildman–Crippen MR) is 87.9 cm³/mol. The van der Waals surface area contributed by atoms with Gasteiger partial charge in [-0.3, -0.25) is 14.5 Å². The van der Waals surface area contributed by atoms with Crippen LogP contribution >= 0.6 is 0 Å². The van der Waals surface area contributed by atoms with Crippen LogP contribution in [0.4, 0.5) is 0 Å². The van der Waals surface area contributed by atoms with Gasteiger partial charge < -0.3 is 20.3 Å². The number of rotatable bonds is 6. The largest absolute Gasteiger partial charge is 0.380 e. The molecule has 2 aliphatic rings. The van der Waals surface area contributed by atoms with E-state index >= 15 is 0 Å². The summed E-state index contributed by atoms with van der Waals surface area (Å²) >= 11 is 0. The van der Waals surface area contributed by atoms with Crippen LogP contribution in [-0.2, 0) is 14.3 Å². The van der Waals surface area contributed by atoms with Crippen LogP contribution in [0.1, 0.15) is 25.7 Å². The highest BCUT2D eigenvalue weighted by Gasteiger charge is 2.25. The smallest absolute Gasteiger partial charge is 0.236 e. The van der Waals surface area contributed by atoms with Crippen LogP contribution in [0.3, 0.4) is 0 Å². The van der Waals surface area contributed by atoms with Gasteiger partial charge in [-0.25, -0.2) is 0 Å². The molecule has 7 nitrogen and oxygen atoms in total. The van der Waals surface area contributed by atoms with Crippen molar-refractivity contribution in [3.05, 3.63) is 0 Å². The molecule has 0 aromatic carbocycles. The third kappa shape index (κ3) is 5.44. The molecule has 2 fully saturated rings. The maximum Gasteiger partial charge on any atom is 0.236 e. The minimum Gasteiger partial charge on any atom is -0.380 e. The van der Waals surface area contributed by atoms with E-state index in [-0.39, 0.29) is 17.9 Å². The average Bonchev–Trinajstić information content (AvgIpc) is 2.60. The number of nitrogens with two attached hydrogens (primary N) is 1. The van der Waals surface area contributed by atoms with Crippen molar-refractivity contribution in [3.63, 3.8) is 0 Å². The Morgan fingerprint density at radius 3 is 2.13 bits per heavy atom. The Morgan fingerprint density at radius 1 is 0.957 bits per heavy atom. The van der Waals surface area contributed by atoms with E-state index in [1.165, 1.54) is 6.42 Å². The number of nitrogens with zero attached hydrogens (tertiary/aromatic N) is 3. The summed E-state index contributed by atoms with van der Waals surface area (Å²) in [5.41, 5.74) is 5.56. The number of methoxy groups -OCH3 is 1. The second-order valence-corrected chi connectivity index (χ2v) is 6.40. The molecule has 2 saturated heterocycles. The molecule has 7 heteroatoms. The summed E-state index contributed by atoms with van der Waals surface area (Å²) in [7, 11) is 1.58. The fourth-order valence-corrected chi connectivity index (χ4v) is 3.18. The zero-order valence-corrected chi connectivity index (χ0v) is 14.2. The Labute approximate surface area is 138 Å². The fraction of sp³-hybridized carbons (Fsp3) is 0.875. The highest BCUT2D eigenvalue weighted by molar-refractivity contribution is 5.78. The van der Waals surface area contributed by atoms with Gasteiger partial charge in [0.05, 0.1) is 19.1 Å². The van der Waals surface area contributed by atoms with Gasteiger partial charge in [0.1, 0.15) is 0 Å². The van der Waals surface area contributed by atoms with Crippen molar-refractivity contribution in [1.82, 2.24) is 14.7 Å². The number of amides is 2. The Morgan fingerprint density at radius 2 is 1.57 bits per heavy atom. The molecule has 2 rings (SSSR count). The van der Waals surface area contributed by atoms with E-state index in [2.05, 4.69) is 4.90 Å². The molecule has 0 aliphatic carbocycles. The fourth-order valence-electron chi connectivity index (χ4n) is 3.18. The predicted octanol–water partition coefficient (Wildman–Crippen LogP) is -0.493. The van der Waals surface area contributed by atoms with Crippen molar-refractivity contribution in [2.75, 3.05) is 59.5 Å². The van der Waals surface area contributed by atoms with Gasteiger partial charge in [0.2, 0.25) is 11.8 Å². The number of likely N-dealkylation sites (tertiary alicyclic amines) is 1. The molecule has 0 saturated carbocycles. The highest BCUT2D eigenvalue weighted by Crippen LogP contribution is 2.11. The first-order valence-corrected chi connectivity index (χ1v) is 8.64. The van der Waals surface area contributed by atoms with Crippen molar-refractivity contribution in [2.24, 2.45) is 5.73 Å². The average molecular weight is 326 g/mol. The summed E-state index contributed by atoms with van der Waals surface area (Å²) in [5.74, 6) is 0.316. The maximum atomic E-state index is 12.3. The van der Waals surface area contributed by atoms with Crippen LogP contribution in [0, 0.1) is 0 Å². The SMILES string of the molecule is COC(CN)CC(=O)N1CCN(CC(=O)N2CCCCC2)CC1. The molecule has 0 aromatic rings. The molecule has 1 atom stereocenters. The first-order valence-electron chi connectivity index (χ1n) is 8.64. The second-order valence-electron chi connectivity index (χ2n) is 6.40. The minimum absolute atomic E-state index is 0.0873. The monoisotopic (exact) mass is 326 g/mol. The first kappa shape index (κ1) is 18.2. The molecule has 2 amide bonds. The Balaban J connectivity index is 1.70. The van der Waals surface area contributed by atoms with Crippen molar-refractivity contribution >= 4 is 11.8 Å². The lowest BCUT2D eigenvalue weighted by molar-refractivity contribution is -0.137. The van der Waals surface area contributed by atoms with E-state index < -0.39 is 0 Å². The van der Waals surface area contributed by atoms with Crippen molar-refractivity contribution < 1.29 is 14.3 Å². The van der Waals surface area contributed by atoms with Gasteiger partial charge in [0.25, 0.3) is 0 Å². The van der Waals surface area contributed by atoms with Gasteiger partial charge in [-0.2, -0.15) is 0 Å². The molecule has 0 spiro atoms. The highest BCUT2D eigenvalue weighted by atomic mass is 16.5. The lowest BCUT2D eigenvalue weighted by atomic mass is 10.1. The van der Waals surface area contributed by atoms with Crippen LogP contribution in [0.25, 0.3) is 0 Å². The molecule has 2 aliphatic heterocycles. The molecule has 0 bridgehead atoms. The Hall–Kier alpha value is -1.18. The van der Waals surface area contributed by atoms with E-state index in [0.717, 1.165) is 39.0 Å². The van der Waals surface area contributed by atoms with E-state index in [9.17, 15) is 9.59 Å². The molecule has 2 N–H and O–H groups in total. The molecule has 0 radical (unpaired) electrons. The molecular weight excluding hydrogens is 296 g/mol. The van der Waals surface area contributed by atoms with Gasteiger partial charge in [0.15, 0.2) is 0 Å². The summed E-state index contributed by atoms with van der Waals surface area (Å²) in [5, 5.41) is 0. The van der Waals surface area contributed by atoms with E-state index in [1.54, 1.807) is 7.11 Å². The third-order valence-corrected chi connectivity index (χ3v) is 4.79. The van der Waals surface area contributed by atoms with E-state index in [0.29, 0.717) is 32.6 Å². The first-order chi connectivity index (χ1) is 11.1. The van der Waals surface area contributed by atoms with E-state index in [1.807, 2.05) is 9.80 Å². The number of carbonyl (C=O) groups is 2. The minimum atomic E-state index is -0.207. The molecule has 2 heterocycles. The molecular formula is C16H30N4O3. The number of ether oxygens (including phenoxy) is 1. The molecule has 23 heavy (non-hydrogen) atoms. The van der Waals surface area contributed by atoms with Crippen LogP contribution in [0.15, 0.2) is 0 Å². The second kappa shape index (κ2) is 9.20. The van der Waals surface area contributed by atoms with Crippen LogP contribution in [-0.4, -0.2) is 92.1 Å². The van der Waals surface area contributed by atoms with Gasteiger partial charge in [-0.1, -0.05) is 0 Å². The van der Waals surface area contributed by atoms with Gasteiger partial charge in [0, 0.05) is 52.9 Å². The lowest BCUT2D eigenvalue weighted by Gasteiger charge is -2.36. The molecule has 0 aromatic heterocycles. The summed E-state index contributed by atoms with van der Waals surface area (Å²) in [4.78, 5) is 30.5. The van der Waals surface area contributed by atoms with Crippen molar-refractivity contribution in [2.45, 2.75) is 31.8 Å². The number of carbonyl (C=O) groups excluding carboxylic acids is 2. The van der Waals surface area contributed by atoms with Gasteiger partial charge in [-0.15, -0.1) is 0 Å². The summed E-state index contributed by atoms with van der Waals surface area (Å²) in [6.07, 6.45) is 3.60. The normalized spacial score (nSPS) is 21.3. The molecule has 1 unspecified atom stereocenters. The maximum absolute atomic E-state index is 12.3. The number of piperazine rings is 1. The zero-order chi connectivity index (χ0) is 16.7.